The van der Waals surface area contributed by atoms with Crippen molar-refractivity contribution >= 4 is 21.4 Å². The first-order valence-electron chi connectivity index (χ1n) is 7.68. The van der Waals surface area contributed by atoms with Crippen molar-refractivity contribution in [2.45, 2.75) is 11.8 Å². The molecule has 0 aliphatic rings. The fraction of sp³-hybridized carbons (Fsp3) is 0.111. The lowest BCUT2D eigenvalue weighted by atomic mass is 10.2. The highest BCUT2D eigenvalue weighted by Crippen LogP contribution is 2.19. The number of hydrogen-bond donors (Lipinski definition) is 1. The Bertz CT molecular complexity index is 1070. The lowest BCUT2D eigenvalue weighted by molar-refractivity contribution is 0.102. The van der Waals surface area contributed by atoms with Gasteiger partial charge in [-0.05, 0) is 49.4 Å². The highest BCUT2D eigenvalue weighted by atomic mass is 32.2. The van der Waals surface area contributed by atoms with Gasteiger partial charge >= 0.3 is 0 Å². The Balaban J connectivity index is 1.87. The molecule has 26 heavy (non-hydrogen) atoms. The zero-order valence-corrected chi connectivity index (χ0v) is 14.9. The van der Waals surface area contributed by atoms with Crippen LogP contribution in [0, 0.1) is 12.7 Å². The summed E-state index contributed by atoms with van der Waals surface area (Å²) >= 11 is 0. The first-order chi connectivity index (χ1) is 12.3. The number of amides is 1. The molecular weight excluding hydrogens is 357 g/mol. The number of anilines is 1. The first kappa shape index (κ1) is 17.8. The number of halogens is 1. The molecule has 6 nitrogen and oxygen atoms in total. The molecule has 8 heteroatoms. The molecular formula is C18H16FN3O3S. The van der Waals surface area contributed by atoms with E-state index in [0.29, 0.717) is 22.6 Å². The van der Waals surface area contributed by atoms with Crippen LogP contribution in [0.4, 0.5) is 10.1 Å². The Morgan fingerprint density at radius 1 is 1.15 bits per heavy atom. The minimum atomic E-state index is -3.37. The maximum absolute atomic E-state index is 13.1. The van der Waals surface area contributed by atoms with Gasteiger partial charge in [-0.2, -0.15) is 5.10 Å². The Kier molecular flexibility index (Phi) is 4.60. The fourth-order valence-electron chi connectivity index (χ4n) is 2.48. The molecule has 0 unspecified atom stereocenters. The Morgan fingerprint density at radius 2 is 1.85 bits per heavy atom. The van der Waals surface area contributed by atoms with E-state index in [9.17, 15) is 17.6 Å². The second kappa shape index (κ2) is 6.72. The van der Waals surface area contributed by atoms with E-state index >= 15 is 0 Å². The van der Waals surface area contributed by atoms with Crippen LogP contribution in [0.25, 0.3) is 5.69 Å². The van der Waals surface area contributed by atoms with Gasteiger partial charge in [-0.3, -0.25) is 4.79 Å². The largest absolute Gasteiger partial charge is 0.322 e. The Hall–Kier alpha value is -3.00. The molecule has 0 atom stereocenters. The predicted octanol–water partition coefficient (Wildman–Crippen LogP) is 2.98. The van der Waals surface area contributed by atoms with Gasteiger partial charge in [0, 0.05) is 11.9 Å². The molecule has 134 valence electrons. The van der Waals surface area contributed by atoms with Crippen LogP contribution in [0.3, 0.4) is 0 Å². The van der Waals surface area contributed by atoms with Crippen molar-refractivity contribution in [3.05, 3.63) is 71.8 Å². The number of carbonyl (C=O) groups excluding carboxylic acids is 1. The molecule has 0 aliphatic heterocycles. The fourth-order valence-corrected chi connectivity index (χ4v) is 3.14. The van der Waals surface area contributed by atoms with Crippen LogP contribution >= 0.6 is 0 Å². The van der Waals surface area contributed by atoms with Crippen molar-refractivity contribution in [1.29, 1.82) is 0 Å². The standard InChI is InChI=1S/C18H16FN3O3S/c1-12-17(11-20-22(12)15-8-6-13(19)7-9-15)18(23)21-14-4-3-5-16(10-14)26(2,24)25/h3-11H,1-2H3,(H,21,23). The highest BCUT2D eigenvalue weighted by Gasteiger charge is 2.16. The van der Waals surface area contributed by atoms with E-state index in [2.05, 4.69) is 10.4 Å². The normalized spacial score (nSPS) is 11.3. The van der Waals surface area contributed by atoms with Crippen molar-refractivity contribution in [2.24, 2.45) is 0 Å². The smallest absolute Gasteiger partial charge is 0.259 e. The summed E-state index contributed by atoms with van der Waals surface area (Å²) in [7, 11) is -3.37. The van der Waals surface area contributed by atoms with Gasteiger partial charge in [0.05, 0.1) is 28.0 Å². The zero-order valence-electron chi connectivity index (χ0n) is 14.1. The predicted molar refractivity (Wildman–Crippen MR) is 95.8 cm³/mol. The molecule has 1 heterocycles. The van der Waals surface area contributed by atoms with Crippen LogP contribution in [0.1, 0.15) is 16.1 Å². The van der Waals surface area contributed by atoms with Crippen LogP contribution in [-0.4, -0.2) is 30.4 Å². The molecule has 3 rings (SSSR count). The summed E-state index contributed by atoms with van der Waals surface area (Å²) in [5.74, 6) is -0.774. The second-order valence-electron chi connectivity index (χ2n) is 5.79. The van der Waals surface area contributed by atoms with E-state index in [-0.39, 0.29) is 10.7 Å². The van der Waals surface area contributed by atoms with Gasteiger partial charge in [-0.25, -0.2) is 17.5 Å². The van der Waals surface area contributed by atoms with E-state index in [1.165, 1.54) is 35.1 Å². The summed E-state index contributed by atoms with van der Waals surface area (Å²) in [6.45, 7) is 1.72. The summed E-state index contributed by atoms with van der Waals surface area (Å²) in [5.41, 5.74) is 1.90. The first-order valence-corrected chi connectivity index (χ1v) is 9.57. The number of nitrogens with zero attached hydrogens (tertiary/aromatic N) is 2. The molecule has 0 aliphatic carbocycles. The van der Waals surface area contributed by atoms with Gasteiger partial charge in [0.1, 0.15) is 5.82 Å². The number of rotatable bonds is 4. The van der Waals surface area contributed by atoms with Gasteiger partial charge in [0.15, 0.2) is 9.84 Å². The molecule has 0 fully saturated rings. The van der Waals surface area contributed by atoms with Gasteiger partial charge < -0.3 is 5.32 Å². The third kappa shape index (κ3) is 3.65. The molecule has 1 N–H and O–H groups in total. The number of sulfone groups is 1. The Morgan fingerprint density at radius 3 is 2.50 bits per heavy atom. The summed E-state index contributed by atoms with van der Waals surface area (Å²) in [6, 6.07) is 11.8. The zero-order chi connectivity index (χ0) is 18.9. The molecule has 0 radical (unpaired) electrons. The summed E-state index contributed by atoms with van der Waals surface area (Å²) in [5, 5.41) is 6.84. The second-order valence-corrected chi connectivity index (χ2v) is 7.80. The number of carbonyl (C=O) groups is 1. The Labute approximate surface area is 150 Å². The van der Waals surface area contributed by atoms with Crippen molar-refractivity contribution < 1.29 is 17.6 Å². The van der Waals surface area contributed by atoms with Crippen LogP contribution in [-0.2, 0) is 9.84 Å². The molecule has 0 spiro atoms. The molecule has 3 aromatic rings. The number of benzene rings is 2. The quantitative estimate of drug-likeness (QED) is 0.762. The third-order valence-electron chi connectivity index (χ3n) is 3.85. The van der Waals surface area contributed by atoms with E-state index in [0.717, 1.165) is 6.26 Å². The van der Waals surface area contributed by atoms with Gasteiger partial charge in [0.25, 0.3) is 5.91 Å². The van der Waals surface area contributed by atoms with Crippen molar-refractivity contribution in [2.75, 3.05) is 11.6 Å². The minimum absolute atomic E-state index is 0.119. The molecule has 0 saturated heterocycles. The number of hydrogen-bond acceptors (Lipinski definition) is 4. The summed E-state index contributed by atoms with van der Waals surface area (Å²) in [6.07, 6.45) is 2.51. The van der Waals surface area contributed by atoms with Crippen molar-refractivity contribution in [3.8, 4) is 5.69 Å². The van der Waals surface area contributed by atoms with Crippen LogP contribution in [0.2, 0.25) is 0 Å². The highest BCUT2D eigenvalue weighted by molar-refractivity contribution is 7.90. The number of aromatic nitrogens is 2. The van der Waals surface area contributed by atoms with Crippen molar-refractivity contribution in [3.63, 3.8) is 0 Å². The molecule has 0 saturated carbocycles. The maximum atomic E-state index is 13.1. The minimum Gasteiger partial charge on any atom is -0.322 e. The monoisotopic (exact) mass is 373 g/mol. The average Bonchev–Trinajstić information content (AvgIpc) is 2.97. The van der Waals surface area contributed by atoms with Gasteiger partial charge in [-0.15, -0.1) is 0 Å². The van der Waals surface area contributed by atoms with Gasteiger partial charge in [-0.1, -0.05) is 6.07 Å². The van der Waals surface area contributed by atoms with Crippen LogP contribution in [0.5, 0.6) is 0 Å². The van der Waals surface area contributed by atoms with Crippen molar-refractivity contribution in [1.82, 2.24) is 9.78 Å². The van der Waals surface area contributed by atoms with E-state index < -0.39 is 15.7 Å². The van der Waals surface area contributed by atoms with Gasteiger partial charge in [0.2, 0.25) is 0 Å². The van der Waals surface area contributed by atoms with Crippen LogP contribution in [0.15, 0.2) is 59.6 Å². The molecule has 1 amide bonds. The molecule has 1 aromatic heterocycles. The summed E-state index contributed by atoms with van der Waals surface area (Å²) in [4.78, 5) is 12.6. The van der Waals surface area contributed by atoms with E-state index in [1.54, 1.807) is 31.2 Å². The third-order valence-corrected chi connectivity index (χ3v) is 4.96. The van der Waals surface area contributed by atoms with E-state index in [1.807, 2.05) is 0 Å². The van der Waals surface area contributed by atoms with E-state index in [4.69, 9.17) is 0 Å². The maximum Gasteiger partial charge on any atom is 0.259 e. The number of nitrogens with one attached hydrogen (secondary N) is 1. The SMILES string of the molecule is Cc1c(C(=O)Nc2cccc(S(C)(=O)=O)c2)cnn1-c1ccc(F)cc1. The van der Waals surface area contributed by atoms with Crippen LogP contribution < -0.4 is 5.32 Å². The molecule has 2 aromatic carbocycles. The average molecular weight is 373 g/mol. The molecule has 0 bridgehead atoms. The summed E-state index contributed by atoms with van der Waals surface area (Å²) < 4.78 is 37.8. The lowest BCUT2D eigenvalue weighted by Crippen LogP contribution is -2.13. The lowest BCUT2D eigenvalue weighted by Gasteiger charge is -2.08. The topological polar surface area (TPSA) is 81.1 Å².